The molecule has 1 aromatic rings. The average molecular weight is 294 g/mol. The molecule has 1 aliphatic rings. The Labute approximate surface area is 123 Å². The number of halogens is 1. The van der Waals surface area contributed by atoms with Crippen molar-refractivity contribution in [1.82, 2.24) is 0 Å². The third kappa shape index (κ3) is 3.54. The lowest BCUT2D eigenvalue weighted by molar-refractivity contribution is -0.121. The van der Waals surface area contributed by atoms with Crippen LogP contribution in [0.4, 0.5) is 10.1 Å². The van der Waals surface area contributed by atoms with Gasteiger partial charge in [-0.05, 0) is 49.8 Å². The van der Waals surface area contributed by atoms with E-state index in [1.807, 2.05) is 0 Å². The van der Waals surface area contributed by atoms with E-state index in [0.29, 0.717) is 11.6 Å². The van der Waals surface area contributed by atoms with Crippen LogP contribution in [0.2, 0.25) is 0 Å². The minimum Gasteiger partial charge on any atom is -0.389 e. The summed E-state index contributed by atoms with van der Waals surface area (Å²) in [5.74, 6) is 0.273. The highest BCUT2D eigenvalue weighted by Gasteiger charge is 2.24. The van der Waals surface area contributed by atoms with Gasteiger partial charge in [0.25, 0.3) is 0 Å². The van der Waals surface area contributed by atoms with Crippen LogP contribution in [0.5, 0.6) is 0 Å². The van der Waals surface area contributed by atoms with Gasteiger partial charge in [0.2, 0.25) is 5.91 Å². The smallest absolute Gasteiger partial charge is 0.227 e. The quantitative estimate of drug-likeness (QED) is 0.842. The number of amides is 1. The predicted octanol–water partition coefficient (Wildman–Crippen LogP) is 3.22. The van der Waals surface area contributed by atoms with Crippen molar-refractivity contribution in [3.8, 4) is 0 Å². The molecule has 1 saturated carbocycles. The molecule has 0 bridgehead atoms. The lowest BCUT2D eigenvalue weighted by atomic mass is 9.82. The lowest BCUT2D eigenvalue weighted by Gasteiger charge is -2.25. The molecule has 1 aliphatic carbocycles. The van der Waals surface area contributed by atoms with Crippen molar-refractivity contribution in [2.45, 2.75) is 32.6 Å². The second-order valence-electron chi connectivity index (χ2n) is 5.50. The van der Waals surface area contributed by atoms with Crippen molar-refractivity contribution in [1.29, 1.82) is 0 Å². The first kappa shape index (κ1) is 14.9. The number of rotatable bonds is 3. The maximum atomic E-state index is 13.5. The predicted molar refractivity (Wildman–Crippen MR) is 82.0 cm³/mol. The molecule has 0 unspecified atom stereocenters. The van der Waals surface area contributed by atoms with Crippen LogP contribution >= 0.6 is 12.2 Å². The first-order valence-corrected chi connectivity index (χ1v) is 7.28. The second kappa shape index (κ2) is 6.31. The Hall–Kier alpha value is -1.49. The number of nitrogens with one attached hydrogen (secondary N) is 1. The SMILES string of the molecule is CC1CCC(C(=O)Nc2ccc(F)c(C(N)=S)c2)CC1. The van der Waals surface area contributed by atoms with Crippen LogP contribution in [0, 0.1) is 17.7 Å². The van der Waals surface area contributed by atoms with Crippen molar-refractivity contribution in [3.05, 3.63) is 29.6 Å². The molecular weight excluding hydrogens is 275 g/mol. The fourth-order valence-corrected chi connectivity index (χ4v) is 2.71. The van der Waals surface area contributed by atoms with Crippen molar-refractivity contribution in [3.63, 3.8) is 0 Å². The maximum Gasteiger partial charge on any atom is 0.227 e. The van der Waals surface area contributed by atoms with Crippen LogP contribution < -0.4 is 11.1 Å². The summed E-state index contributed by atoms with van der Waals surface area (Å²) in [6, 6.07) is 4.29. The van der Waals surface area contributed by atoms with Gasteiger partial charge < -0.3 is 11.1 Å². The van der Waals surface area contributed by atoms with Gasteiger partial charge in [-0.2, -0.15) is 0 Å². The Kier molecular flexibility index (Phi) is 4.70. The molecule has 0 heterocycles. The number of carbonyl (C=O) groups is 1. The molecule has 0 saturated heterocycles. The molecule has 0 aliphatic heterocycles. The number of hydrogen-bond acceptors (Lipinski definition) is 2. The minimum absolute atomic E-state index is 0.00241. The summed E-state index contributed by atoms with van der Waals surface area (Å²) in [5, 5.41) is 2.83. The highest BCUT2D eigenvalue weighted by atomic mass is 32.1. The number of nitrogens with two attached hydrogens (primary N) is 1. The second-order valence-corrected chi connectivity index (χ2v) is 5.94. The molecule has 3 nitrogen and oxygen atoms in total. The van der Waals surface area contributed by atoms with E-state index >= 15 is 0 Å². The molecule has 0 atom stereocenters. The molecule has 0 radical (unpaired) electrons. The van der Waals surface area contributed by atoms with E-state index in [9.17, 15) is 9.18 Å². The highest BCUT2D eigenvalue weighted by Crippen LogP contribution is 2.29. The Bertz CT molecular complexity index is 525. The Morgan fingerprint density at radius 3 is 2.60 bits per heavy atom. The average Bonchev–Trinajstić information content (AvgIpc) is 2.41. The van der Waals surface area contributed by atoms with Gasteiger partial charge in [0.15, 0.2) is 0 Å². The Morgan fingerprint density at radius 1 is 1.35 bits per heavy atom. The van der Waals surface area contributed by atoms with Gasteiger partial charge in [0.05, 0.1) is 0 Å². The van der Waals surface area contributed by atoms with Gasteiger partial charge in [0.1, 0.15) is 10.8 Å². The largest absolute Gasteiger partial charge is 0.389 e. The number of carbonyl (C=O) groups excluding carboxylic acids is 1. The third-order valence-electron chi connectivity index (χ3n) is 3.89. The summed E-state index contributed by atoms with van der Waals surface area (Å²) in [7, 11) is 0. The molecule has 1 amide bonds. The molecule has 1 aromatic carbocycles. The van der Waals surface area contributed by atoms with Crippen LogP contribution in [0.15, 0.2) is 18.2 Å². The van der Waals surface area contributed by atoms with Crippen LogP contribution in [0.3, 0.4) is 0 Å². The molecule has 5 heteroatoms. The van der Waals surface area contributed by atoms with Gasteiger partial charge >= 0.3 is 0 Å². The molecular formula is C15H19FN2OS. The van der Waals surface area contributed by atoms with Gasteiger partial charge in [-0.1, -0.05) is 19.1 Å². The van der Waals surface area contributed by atoms with E-state index in [2.05, 4.69) is 12.2 Å². The van der Waals surface area contributed by atoms with E-state index < -0.39 is 5.82 Å². The van der Waals surface area contributed by atoms with E-state index in [0.717, 1.165) is 25.7 Å². The van der Waals surface area contributed by atoms with Crippen LogP contribution in [-0.4, -0.2) is 10.9 Å². The number of anilines is 1. The van der Waals surface area contributed by atoms with Crippen LogP contribution in [0.1, 0.15) is 38.2 Å². The van der Waals surface area contributed by atoms with E-state index in [-0.39, 0.29) is 22.4 Å². The van der Waals surface area contributed by atoms with Crippen molar-refractivity contribution >= 4 is 28.8 Å². The van der Waals surface area contributed by atoms with Crippen LogP contribution in [-0.2, 0) is 4.79 Å². The van der Waals surface area contributed by atoms with Gasteiger partial charge in [0, 0.05) is 17.2 Å². The zero-order valence-corrected chi connectivity index (χ0v) is 12.3. The third-order valence-corrected chi connectivity index (χ3v) is 4.11. The van der Waals surface area contributed by atoms with Crippen molar-refractivity contribution in [2.75, 3.05) is 5.32 Å². The number of hydrogen-bond donors (Lipinski definition) is 2. The van der Waals surface area contributed by atoms with Gasteiger partial charge in [-0.3, -0.25) is 4.79 Å². The molecule has 3 N–H and O–H groups in total. The van der Waals surface area contributed by atoms with E-state index in [1.165, 1.54) is 18.2 Å². The molecule has 2 rings (SSSR count). The maximum absolute atomic E-state index is 13.5. The summed E-state index contributed by atoms with van der Waals surface area (Å²) < 4.78 is 13.5. The van der Waals surface area contributed by atoms with Crippen LogP contribution in [0.25, 0.3) is 0 Å². The molecule has 0 spiro atoms. The van der Waals surface area contributed by atoms with Crippen molar-refractivity contribution < 1.29 is 9.18 Å². The lowest BCUT2D eigenvalue weighted by Crippen LogP contribution is -2.26. The summed E-state index contributed by atoms with van der Waals surface area (Å²) in [6.07, 6.45) is 3.99. The normalized spacial score (nSPS) is 22.3. The standard InChI is InChI=1S/C15H19FN2OS/c1-9-2-4-10(5-3-9)15(19)18-11-6-7-13(16)12(8-11)14(17)20/h6-10H,2-5H2,1H3,(H2,17,20)(H,18,19). The zero-order chi connectivity index (χ0) is 14.7. The molecule has 1 fully saturated rings. The van der Waals surface area contributed by atoms with E-state index in [4.69, 9.17) is 18.0 Å². The monoisotopic (exact) mass is 294 g/mol. The minimum atomic E-state index is -0.470. The number of thiocarbonyl (C=S) groups is 1. The zero-order valence-electron chi connectivity index (χ0n) is 11.5. The number of benzene rings is 1. The molecule has 108 valence electrons. The van der Waals surface area contributed by atoms with Gasteiger partial charge in [-0.15, -0.1) is 0 Å². The Balaban J connectivity index is 2.04. The van der Waals surface area contributed by atoms with Crippen molar-refractivity contribution in [2.24, 2.45) is 17.6 Å². The topological polar surface area (TPSA) is 55.1 Å². The highest BCUT2D eigenvalue weighted by molar-refractivity contribution is 7.80. The molecule has 0 aromatic heterocycles. The van der Waals surface area contributed by atoms with Gasteiger partial charge in [-0.25, -0.2) is 4.39 Å². The summed E-state index contributed by atoms with van der Waals surface area (Å²) in [5.41, 5.74) is 6.15. The van der Waals surface area contributed by atoms with E-state index in [1.54, 1.807) is 0 Å². The first-order chi connectivity index (χ1) is 9.47. The first-order valence-electron chi connectivity index (χ1n) is 6.87. The Morgan fingerprint density at radius 2 is 2.00 bits per heavy atom. The summed E-state index contributed by atoms with van der Waals surface area (Å²) >= 11 is 4.79. The fraction of sp³-hybridized carbons (Fsp3) is 0.467. The summed E-state index contributed by atoms with van der Waals surface area (Å²) in [6.45, 7) is 2.21. The molecule has 20 heavy (non-hydrogen) atoms. The summed E-state index contributed by atoms with van der Waals surface area (Å²) in [4.78, 5) is 12.2. The fourth-order valence-electron chi connectivity index (χ4n) is 2.56.